The van der Waals surface area contributed by atoms with Crippen LogP contribution in [-0.2, 0) is 30.7 Å². The first-order valence-electron chi connectivity index (χ1n) is 14.4. The summed E-state index contributed by atoms with van der Waals surface area (Å²) < 4.78 is 40.0. The number of nitro benzene ring substituents is 1. The summed E-state index contributed by atoms with van der Waals surface area (Å²) in [6, 6.07) is 12.2. The van der Waals surface area contributed by atoms with Crippen LogP contribution in [0.4, 0.5) is 10.5 Å². The van der Waals surface area contributed by atoms with Gasteiger partial charge in [0.2, 0.25) is 15.9 Å². The number of fused-ring (bicyclic) bond motifs is 1. The third-order valence-corrected chi connectivity index (χ3v) is 10.2. The Balaban J connectivity index is 1.35. The maximum Gasteiger partial charge on any atom is 0.407 e. The van der Waals surface area contributed by atoms with E-state index in [0.717, 1.165) is 47.0 Å². The van der Waals surface area contributed by atoms with Gasteiger partial charge in [-0.25, -0.2) is 13.2 Å². The summed E-state index contributed by atoms with van der Waals surface area (Å²) in [4.78, 5) is 35.2. The molecule has 3 fully saturated rings. The smallest absolute Gasteiger partial charge is 0.407 e. The van der Waals surface area contributed by atoms with Crippen LogP contribution in [0.25, 0.3) is 0 Å². The first-order chi connectivity index (χ1) is 20.6. The number of hydrogen-bond donors (Lipinski definition) is 3. The average molecular weight is 617 g/mol. The lowest BCUT2D eigenvalue weighted by atomic mass is 10.0. The Bertz CT molecular complexity index is 1410. The second-order valence-electron chi connectivity index (χ2n) is 11.3. The molecule has 0 bridgehead atoms. The molecular formula is C29H36N4O9S. The molecule has 14 heteroatoms. The lowest BCUT2D eigenvalue weighted by Gasteiger charge is -2.31. The van der Waals surface area contributed by atoms with E-state index in [1.54, 1.807) is 0 Å². The van der Waals surface area contributed by atoms with E-state index in [4.69, 9.17) is 9.47 Å². The zero-order chi connectivity index (χ0) is 30.6. The van der Waals surface area contributed by atoms with Crippen molar-refractivity contribution >= 4 is 27.7 Å². The Morgan fingerprint density at radius 1 is 1.14 bits per heavy atom. The summed E-state index contributed by atoms with van der Waals surface area (Å²) in [5.41, 5.74) is 0.543. The number of nitrogens with zero attached hydrogens (tertiary/aromatic N) is 2. The zero-order valence-corrected chi connectivity index (χ0v) is 24.4. The minimum absolute atomic E-state index is 0.0813. The van der Waals surface area contributed by atoms with Crippen molar-refractivity contribution in [3.63, 3.8) is 0 Å². The second kappa shape index (κ2) is 13.4. The van der Waals surface area contributed by atoms with Crippen LogP contribution in [0.2, 0.25) is 0 Å². The van der Waals surface area contributed by atoms with Crippen LogP contribution in [0.5, 0.6) is 0 Å². The number of amides is 2. The van der Waals surface area contributed by atoms with Gasteiger partial charge in [0.1, 0.15) is 6.10 Å². The number of sulfonamides is 1. The molecule has 0 aromatic heterocycles. The average Bonchev–Trinajstić information content (AvgIpc) is 3.72. The Morgan fingerprint density at radius 2 is 1.88 bits per heavy atom. The number of aliphatic hydroxyl groups excluding tert-OH is 1. The molecule has 2 amide bonds. The zero-order valence-electron chi connectivity index (χ0n) is 23.5. The molecule has 0 unspecified atom stereocenters. The van der Waals surface area contributed by atoms with E-state index in [9.17, 15) is 33.2 Å². The van der Waals surface area contributed by atoms with Gasteiger partial charge in [0.15, 0.2) is 0 Å². The van der Waals surface area contributed by atoms with Gasteiger partial charge in [-0.1, -0.05) is 30.3 Å². The lowest BCUT2D eigenvalue weighted by molar-refractivity contribution is -0.384. The van der Waals surface area contributed by atoms with E-state index in [0.29, 0.717) is 19.4 Å². The molecule has 3 aliphatic rings. The number of benzene rings is 2. The minimum atomic E-state index is -4.27. The standard InChI is InChI=1S/C29H36N4O9S/c34-25(18-32(17-20-6-13-28(35)30-20)43(39,40)22-9-7-21(8-10-22)33(37)38)24(16-19-4-2-1-3-5-19)31-29(36)42-27-12-11-26-23(27)14-15-41-26/h1-5,7-10,20,23-27,34H,6,11-18H2,(H,30,35)(H,31,36)/t20-,23+,24-,25+,26+,27-/m0/s1. The second-order valence-corrected chi connectivity index (χ2v) is 13.2. The van der Waals surface area contributed by atoms with Gasteiger partial charge in [-0.3, -0.25) is 14.9 Å². The molecule has 43 heavy (non-hydrogen) atoms. The van der Waals surface area contributed by atoms with Gasteiger partial charge >= 0.3 is 6.09 Å². The predicted octanol–water partition coefficient (Wildman–Crippen LogP) is 2.13. The molecule has 5 rings (SSSR count). The van der Waals surface area contributed by atoms with E-state index < -0.39 is 45.8 Å². The Kier molecular flexibility index (Phi) is 9.59. The Hall–Kier alpha value is -3.59. The van der Waals surface area contributed by atoms with Crippen molar-refractivity contribution in [2.24, 2.45) is 5.92 Å². The van der Waals surface area contributed by atoms with Crippen molar-refractivity contribution in [2.45, 2.75) is 73.8 Å². The highest BCUT2D eigenvalue weighted by Crippen LogP contribution is 2.37. The highest BCUT2D eigenvalue weighted by atomic mass is 32.2. The normalized spacial score (nSPS) is 24.7. The highest BCUT2D eigenvalue weighted by Gasteiger charge is 2.43. The molecule has 2 aromatic rings. The summed E-state index contributed by atoms with van der Waals surface area (Å²) in [5.74, 6) is -0.0707. The van der Waals surface area contributed by atoms with Crippen LogP contribution in [0.1, 0.15) is 37.7 Å². The third kappa shape index (κ3) is 7.50. The monoisotopic (exact) mass is 616 g/mol. The largest absolute Gasteiger partial charge is 0.446 e. The molecule has 2 heterocycles. The number of carbonyl (C=O) groups is 2. The van der Waals surface area contributed by atoms with Crippen LogP contribution in [0.15, 0.2) is 59.5 Å². The van der Waals surface area contributed by atoms with E-state index >= 15 is 0 Å². The number of rotatable bonds is 12. The van der Waals surface area contributed by atoms with Crippen molar-refractivity contribution in [1.82, 2.24) is 14.9 Å². The summed E-state index contributed by atoms with van der Waals surface area (Å²) in [6.45, 7) is 0.0912. The number of aliphatic hydroxyl groups is 1. The van der Waals surface area contributed by atoms with Gasteiger partial charge < -0.3 is 25.2 Å². The van der Waals surface area contributed by atoms with Gasteiger partial charge in [-0.05, 0) is 49.8 Å². The van der Waals surface area contributed by atoms with Crippen molar-refractivity contribution in [3.05, 3.63) is 70.3 Å². The molecule has 13 nitrogen and oxygen atoms in total. The molecule has 2 aromatic carbocycles. The van der Waals surface area contributed by atoms with Gasteiger partial charge in [0.25, 0.3) is 5.69 Å². The van der Waals surface area contributed by atoms with Crippen molar-refractivity contribution in [2.75, 3.05) is 19.7 Å². The molecule has 2 saturated heterocycles. The van der Waals surface area contributed by atoms with E-state index in [1.165, 1.54) is 0 Å². The van der Waals surface area contributed by atoms with Crippen LogP contribution in [-0.4, -0.2) is 84.8 Å². The van der Waals surface area contributed by atoms with E-state index in [2.05, 4.69) is 10.6 Å². The maximum absolute atomic E-state index is 13.8. The molecule has 232 valence electrons. The van der Waals surface area contributed by atoms with Crippen LogP contribution < -0.4 is 10.6 Å². The first kappa shape index (κ1) is 30.9. The van der Waals surface area contributed by atoms with Crippen molar-refractivity contribution in [3.8, 4) is 0 Å². The molecule has 6 atom stereocenters. The number of ether oxygens (including phenoxy) is 2. The van der Waals surface area contributed by atoms with Crippen molar-refractivity contribution < 1.29 is 37.5 Å². The van der Waals surface area contributed by atoms with Gasteiger partial charge in [-0.2, -0.15) is 4.31 Å². The number of hydrogen-bond acceptors (Lipinski definition) is 9. The highest BCUT2D eigenvalue weighted by molar-refractivity contribution is 7.89. The summed E-state index contributed by atoms with van der Waals surface area (Å²) in [6.07, 6.45) is 0.867. The quantitative estimate of drug-likeness (QED) is 0.238. The van der Waals surface area contributed by atoms with Crippen molar-refractivity contribution in [1.29, 1.82) is 0 Å². The number of carbonyl (C=O) groups excluding carboxylic acids is 2. The fourth-order valence-electron chi connectivity index (χ4n) is 6.11. The molecule has 1 saturated carbocycles. The fraction of sp³-hybridized carbons (Fsp3) is 0.517. The topological polar surface area (TPSA) is 177 Å². The van der Waals surface area contributed by atoms with Crippen LogP contribution in [0.3, 0.4) is 0 Å². The number of non-ortho nitro benzene ring substituents is 1. The van der Waals surface area contributed by atoms with Gasteiger partial charge in [0, 0.05) is 50.2 Å². The van der Waals surface area contributed by atoms with Crippen LogP contribution in [0, 0.1) is 16.0 Å². The SMILES string of the molecule is O=C1CC[C@@H](CN(C[C@@H](O)[C@H](Cc2ccccc2)NC(=O)O[C@H]2CC[C@H]3OCC[C@@H]23)S(=O)(=O)c2ccc([N+](=O)[O-])cc2)N1. The maximum atomic E-state index is 13.8. The number of nitro groups is 1. The van der Waals surface area contributed by atoms with Crippen LogP contribution >= 0.6 is 0 Å². The number of alkyl carbamates (subject to hydrolysis) is 1. The molecule has 3 N–H and O–H groups in total. The fourth-order valence-corrected chi connectivity index (χ4v) is 7.61. The van der Waals surface area contributed by atoms with E-state index in [-0.39, 0.29) is 54.0 Å². The summed E-state index contributed by atoms with van der Waals surface area (Å²) in [5, 5.41) is 28.1. The Labute approximate surface area is 249 Å². The molecule has 2 aliphatic heterocycles. The first-order valence-corrected chi connectivity index (χ1v) is 15.9. The molecule has 1 aliphatic carbocycles. The summed E-state index contributed by atoms with van der Waals surface area (Å²) in [7, 11) is -4.27. The molecular weight excluding hydrogens is 580 g/mol. The third-order valence-electron chi connectivity index (χ3n) is 8.38. The number of nitrogens with one attached hydrogen (secondary N) is 2. The molecule has 0 spiro atoms. The minimum Gasteiger partial charge on any atom is -0.446 e. The van der Waals surface area contributed by atoms with E-state index in [1.807, 2.05) is 30.3 Å². The van der Waals surface area contributed by atoms with Gasteiger partial charge in [-0.15, -0.1) is 0 Å². The summed E-state index contributed by atoms with van der Waals surface area (Å²) >= 11 is 0. The molecule has 0 radical (unpaired) electrons. The van der Waals surface area contributed by atoms with Gasteiger partial charge in [0.05, 0.1) is 28.1 Å². The lowest BCUT2D eigenvalue weighted by Crippen LogP contribution is -2.52. The predicted molar refractivity (Wildman–Crippen MR) is 153 cm³/mol. The Morgan fingerprint density at radius 3 is 2.56 bits per heavy atom.